The van der Waals surface area contributed by atoms with Crippen molar-refractivity contribution in [2.24, 2.45) is 5.10 Å². The number of rotatable bonds is 8. The summed E-state index contributed by atoms with van der Waals surface area (Å²) in [6.07, 6.45) is 1.62. The van der Waals surface area contributed by atoms with Crippen LogP contribution in [0.3, 0.4) is 0 Å². The van der Waals surface area contributed by atoms with Gasteiger partial charge in [0.25, 0.3) is 5.91 Å². The molecule has 2 aromatic carbocycles. The van der Waals surface area contributed by atoms with Crippen molar-refractivity contribution in [3.8, 4) is 5.75 Å². The monoisotopic (exact) mass is 417 g/mol. The minimum atomic E-state index is -0.304. The number of carbonyl (C=O) groups is 1. The summed E-state index contributed by atoms with van der Waals surface area (Å²) >= 11 is 3.43. The first-order valence-corrected chi connectivity index (χ1v) is 9.38. The predicted octanol–water partition coefficient (Wildman–Crippen LogP) is 4.13. The van der Waals surface area contributed by atoms with E-state index in [4.69, 9.17) is 4.74 Å². The number of amides is 1. The zero-order valence-electron chi connectivity index (χ0n) is 15.3. The van der Waals surface area contributed by atoms with Gasteiger partial charge in [0.2, 0.25) is 0 Å². The van der Waals surface area contributed by atoms with Crippen LogP contribution in [0.25, 0.3) is 0 Å². The molecule has 1 N–H and O–H groups in total. The van der Waals surface area contributed by atoms with E-state index in [2.05, 4.69) is 57.3 Å². The number of benzene rings is 2. The zero-order valence-corrected chi connectivity index (χ0v) is 16.9. The van der Waals surface area contributed by atoms with Crippen LogP contribution in [0.15, 0.2) is 52.0 Å². The van der Waals surface area contributed by atoms with Crippen LogP contribution in [0.5, 0.6) is 5.75 Å². The molecule has 6 heteroatoms. The van der Waals surface area contributed by atoms with E-state index in [-0.39, 0.29) is 12.5 Å². The topological polar surface area (TPSA) is 53.9 Å². The summed E-state index contributed by atoms with van der Waals surface area (Å²) in [6.45, 7) is 8.08. The van der Waals surface area contributed by atoms with Crippen molar-refractivity contribution in [3.05, 3.63) is 58.1 Å². The number of nitrogens with one attached hydrogen (secondary N) is 1. The van der Waals surface area contributed by atoms with Gasteiger partial charge in [0.1, 0.15) is 5.75 Å². The zero-order chi connectivity index (χ0) is 18.9. The number of halogens is 1. The molecule has 0 heterocycles. The number of carbonyl (C=O) groups excluding carboxylic acids is 1. The Morgan fingerprint density at radius 1 is 1.19 bits per heavy atom. The second kappa shape index (κ2) is 9.97. The lowest BCUT2D eigenvalue weighted by Crippen LogP contribution is -2.24. The van der Waals surface area contributed by atoms with Gasteiger partial charge in [-0.15, -0.1) is 0 Å². The van der Waals surface area contributed by atoms with Gasteiger partial charge in [-0.1, -0.05) is 28.1 Å². The van der Waals surface area contributed by atoms with E-state index in [0.29, 0.717) is 5.75 Å². The van der Waals surface area contributed by atoms with Crippen LogP contribution in [-0.2, 0) is 4.79 Å². The fourth-order valence-corrected chi connectivity index (χ4v) is 2.67. The molecule has 1 amide bonds. The van der Waals surface area contributed by atoms with Crippen molar-refractivity contribution in [3.63, 3.8) is 0 Å². The quantitative estimate of drug-likeness (QED) is 0.518. The lowest BCUT2D eigenvalue weighted by Gasteiger charge is -2.20. The summed E-state index contributed by atoms with van der Waals surface area (Å²) in [6, 6.07) is 13.6. The van der Waals surface area contributed by atoms with Crippen molar-refractivity contribution in [1.82, 2.24) is 5.43 Å². The third-order valence-electron chi connectivity index (χ3n) is 3.92. The van der Waals surface area contributed by atoms with Gasteiger partial charge in [-0.25, -0.2) is 5.43 Å². The number of ether oxygens (including phenoxy) is 1. The number of nitrogens with zero attached hydrogens (tertiary/aromatic N) is 2. The first kappa shape index (κ1) is 20.0. The molecule has 2 rings (SSSR count). The number of anilines is 1. The Balaban J connectivity index is 1.81. The third-order valence-corrected chi connectivity index (χ3v) is 4.81. The lowest BCUT2D eigenvalue weighted by atomic mass is 10.2. The van der Waals surface area contributed by atoms with Crippen molar-refractivity contribution in [1.29, 1.82) is 0 Å². The minimum Gasteiger partial charge on any atom is -0.484 e. The molecule has 2 aromatic rings. The number of hydrogen-bond acceptors (Lipinski definition) is 4. The lowest BCUT2D eigenvalue weighted by molar-refractivity contribution is -0.123. The average Bonchev–Trinajstić information content (AvgIpc) is 2.65. The highest BCUT2D eigenvalue weighted by Crippen LogP contribution is 2.21. The molecule has 0 aliphatic rings. The summed E-state index contributed by atoms with van der Waals surface area (Å²) in [4.78, 5) is 14.1. The Morgan fingerprint density at radius 3 is 2.50 bits per heavy atom. The number of hydrogen-bond donors (Lipinski definition) is 1. The highest BCUT2D eigenvalue weighted by molar-refractivity contribution is 9.10. The summed E-state index contributed by atoms with van der Waals surface area (Å²) < 4.78 is 6.47. The van der Waals surface area contributed by atoms with E-state index >= 15 is 0 Å². The van der Waals surface area contributed by atoms with Gasteiger partial charge in [-0.2, -0.15) is 5.10 Å². The number of aryl methyl sites for hydroxylation is 1. The number of hydrazone groups is 1. The van der Waals surface area contributed by atoms with Crippen LogP contribution >= 0.6 is 15.9 Å². The van der Waals surface area contributed by atoms with Crippen molar-refractivity contribution < 1.29 is 9.53 Å². The van der Waals surface area contributed by atoms with Gasteiger partial charge in [0.05, 0.1) is 6.21 Å². The summed E-state index contributed by atoms with van der Waals surface area (Å²) in [5, 5.41) is 3.97. The maximum Gasteiger partial charge on any atom is 0.277 e. The van der Waals surface area contributed by atoms with Crippen molar-refractivity contribution in [2.45, 2.75) is 20.8 Å². The molecule has 138 valence electrons. The molecule has 0 saturated carbocycles. The fraction of sp³-hybridized carbons (Fsp3) is 0.300. The van der Waals surface area contributed by atoms with E-state index < -0.39 is 0 Å². The molecule has 0 aliphatic heterocycles. The van der Waals surface area contributed by atoms with Gasteiger partial charge < -0.3 is 9.64 Å². The SMILES string of the molecule is CCN(CC)c1ccc(C=NNC(=O)COc2ccc(Br)c(C)c2)cc1. The van der Waals surface area contributed by atoms with Crippen molar-refractivity contribution in [2.75, 3.05) is 24.6 Å². The Kier molecular flexibility index (Phi) is 7.66. The summed E-state index contributed by atoms with van der Waals surface area (Å²) in [5.74, 6) is 0.346. The molecule has 0 atom stereocenters. The van der Waals surface area contributed by atoms with Crippen LogP contribution in [0, 0.1) is 6.92 Å². The van der Waals surface area contributed by atoms with Gasteiger partial charge in [-0.3, -0.25) is 4.79 Å². The second-order valence-electron chi connectivity index (χ2n) is 5.76. The Bertz CT molecular complexity index is 756. The van der Waals surface area contributed by atoms with Crippen LogP contribution in [0.1, 0.15) is 25.0 Å². The molecule has 0 aliphatic carbocycles. The van der Waals surface area contributed by atoms with E-state index in [0.717, 1.165) is 28.7 Å². The first-order valence-electron chi connectivity index (χ1n) is 8.59. The van der Waals surface area contributed by atoms with E-state index in [1.165, 1.54) is 5.69 Å². The average molecular weight is 418 g/mol. The van der Waals surface area contributed by atoms with E-state index in [1.807, 2.05) is 37.3 Å². The Labute approximate surface area is 163 Å². The molecule has 0 spiro atoms. The van der Waals surface area contributed by atoms with Crippen LogP contribution in [0.4, 0.5) is 5.69 Å². The highest BCUT2D eigenvalue weighted by Gasteiger charge is 2.03. The summed E-state index contributed by atoms with van der Waals surface area (Å²) in [5.41, 5.74) is 5.62. The minimum absolute atomic E-state index is 0.0840. The molecule has 5 nitrogen and oxygen atoms in total. The maximum absolute atomic E-state index is 11.8. The first-order chi connectivity index (χ1) is 12.5. The third kappa shape index (κ3) is 5.88. The van der Waals surface area contributed by atoms with Crippen LogP contribution in [-0.4, -0.2) is 31.8 Å². The molecule has 0 radical (unpaired) electrons. The van der Waals surface area contributed by atoms with Crippen LogP contribution < -0.4 is 15.1 Å². The Hall–Kier alpha value is -2.34. The largest absolute Gasteiger partial charge is 0.484 e. The predicted molar refractivity (Wildman–Crippen MR) is 110 cm³/mol. The maximum atomic E-state index is 11.8. The van der Waals surface area contributed by atoms with Gasteiger partial charge in [0.15, 0.2) is 6.61 Å². The second-order valence-corrected chi connectivity index (χ2v) is 6.61. The normalized spacial score (nSPS) is 10.8. The molecule has 0 bridgehead atoms. The standard InChI is InChI=1S/C20H24BrN3O2/c1-4-24(5-2)17-8-6-16(7-9-17)13-22-23-20(25)14-26-18-10-11-19(21)15(3)12-18/h6-13H,4-5,14H2,1-3H3,(H,23,25). The molecular formula is C20H24BrN3O2. The molecule has 26 heavy (non-hydrogen) atoms. The van der Waals surface area contributed by atoms with Gasteiger partial charge >= 0.3 is 0 Å². The van der Waals surface area contributed by atoms with E-state index in [1.54, 1.807) is 6.21 Å². The van der Waals surface area contributed by atoms with Gasteiger partial charge in [0, 0.05) is 23.2 Å². The molecule has 0 unspecified atom stereocenters. The van der Waals surface area contributed by atoms with Crippen molar-refractivity contribution >= 4 is 33.7 Å². The Morgan fingerprint density at radius 2 is 1.88 bits per heavy atom. The van der Waals surface area contributed by atoms with Gasteiger partial charge in [-0.05, 0) is 62.2 Å². The molecule has 0 fully saturated rings. The molecular weight excluding hydrogens is 394 g/mol. The highest BCUT2D eigenvalue weighted by atomic mass is 79.9. The fourth-order valence-electron chi connectivity index (χ4n) is 2.43. The summed E-state index contributed by atoms with van der Waals surface area (Å²) in [7, 11) is 0. The van der Waals surface area contributed by atoms with E-state index in [9.17, 15) is 4.79 Å². The smallest absolute Gasteiger partial charge is 0.277 e. The van der Waals surface area contributed by atoms with Crippen LogP contribution in [0.2, 0.25) is 0 Å². The molecule has 0 saturated heterocycles. The molecule has 0 aromatic heterocycles.